The molecule has 0 aromatic heterocycles. The Morgan fingerprint density at radius 1 is 0.846 bits per heavy atom. The van der Waals surface area contributed by atoms with E-state index >= 15 is 0 Å². The van der Waals surface area contributed by atoms with Crippen LogP contribution >= 0.6 is 0 Å². The monoisotopic (exact) mass is 180 g/mol. The van der Waals surface area contributed by atoms with Crippen LogP contribution in [-0.2, 0) is 0 Å². The topological polar surface area (TPSA) is 0 Å². The maximum atomic E-state index is 2.47. The molecule has 1 heteroatoms. The van der Waals surface area contributed by atoms with Crippen LogP contribution in [0, 0.1) is 17.8 Å². The van der Waals surface area contributed by atoms with Crippen molar-refractivity contribution in [2.45, 2.75) is 38.1 Å². The Morgan fingerprint density at radius 2 is 1.54 bits per heavy atom. The van der Waals surface area contributed by atoms with Gasteiger partial charge in [-0.25, -0.2) is 0 Å². The zero-order chi connectivity index (χ0) is 9.05. The van der Waals surface area contributed by atoms with Crippen molar-refractivity contribution >= 4 is 0 Å². The van der Waals surface area contributed by atoms with Crippen molar-refractivity contribution in [3.63, 3.8) is 0 Å². The van der Waals surface area contributed by atoms with Gasteiger partial charge in [-0.1, -0.05) is 0 Å². The third kappa shape index (κ3) is 1.09. The summed E-state index contributed by atoms with van der Waals surface area (Å²) in [5.74, 6) is 3.29. The second kappa shape index (κ2) is 2.50. The van der Waals surface area contributed by atoms with Gasteiger partial charge in [-0.15, -0.1) is 0 Å². The molecule has 0 amide bonds. The zero-order valence-electron chi connectivity index (χ0n) is 9.00. The van der Waals surface area contributed by atoms with Gasteiger partial charge < -0.3 is 4.48 Å². The Morgan fingerprint density at radius 3 is 2.31 bits per heavy atom. The first kappa shape index (κ1) is 8.28. The van der Waals surface area contributed by atoms with E-state index in [-0.39, 0.29) is 0 Å². The summed E-state index contributed by atoms with van der Waals surface area (Å²) in [5, 5.41) is 0. The lowest BCUT2D eigenvalue weighted by molar-refractivity contribution is -0.926. The van der Waals surface area contributed by atoms with Crippen LogP contribution in [0.25, 0.3) is 0 Å². The molecule has 0 N–H and O–H groups in total. The van der Waals surface area contributed by atoms with Crippen LogP contribution in [-0.4, -0.2) is 31.2 Å². The highest BCUT2D eigenvalue weighted by Crippen LogP contribution is 2.50. The van der Waals surface area contributed by atoms with Crippen molar-refractivity contribution in [2.24, 2.45) is 17.8 Å². The summed E-state index contributed by atoms with van der Waals surface area (Å²) in [6.07, 6.45) is 7.77. The minimum Gasteiger partial charge on any atom is -0.326 e. The molecule has 1 nitrogen and oxygen atoms in total. The summed E-state index contributed by atoms with van der Waals surface area (Å²) in [6.45, 7) is 1.48. The van der Waals surface area contributed by atoms with Gasteiger partial charge in [0.15, 0.2) is 0 Å². The molecule has 2 aliphatic heterocycles. The molecule has 0 radical (unpaired) electrons. The normalized spacial score (nSPS) is 52.2. The lowest BCUT2D eigenvalue weighted by Crippen LogP contribution is -2.56. The average Bonchev–Trinajstić information content (AvgIpc) is 2.39. The summed E-state index contributed by atoms with van der Waals surface area (Å²) in [7, 11) is 4.94. The molecule has 2 aliphatic carbocycles. The van der Waals surface area contributed by atoms with Crippen LogP contribution in [0.2, 0.25) is 0 Å². The summed E-state index contributed by atoms with van der Waals surface area (Å²) in [4.78, 5) is 0. The quantitative estimate of drug-likeness (QED) is 0.502. The number of nitrogens with zero attached hydrogens (tertiary/aromatic N) is 1. The van der Waals surface area contributed by atoms with Crippen molar-refractivity contribution in [3.05, 3.63) is 0 Å². The molecule has 1 unspecified atom stereocenters. The maximum Gasteiger partial charge on any atom is 0.0914 e. The Balaban J connectivity index is 1.97. The zero-order valence-corrected chi connectivity index (χ0v) is 9.00. The fraction of sp³-hybridized carbons (Fsp3) is 1.00. The first-order valence-electron chi connectivity index (χ1n) is 5.99. The standard InChI is InChI=1S/C12H22N/c1-13(2)8-11-5-6-12(13)10-4-3-9(11)7-10/h9-12H,3-8H2,1-2H3/q+1/t9-,10+,11-,12?/m1/s1. The van der Waals surface area contributed by atoms with E-state index in [0.29, 0.717) is 0 Å². The number of quaternary nitrogens is 1. The Hall–Kier alpha value is -0.0400. The van der Waals surface area contributed by atoms with E-state index in [4.69, 9.17) is 0 Å². The molecule has 74 valence electrons. The van der Waals surface area contributed by atoms with Crippen LogP contribution < -0.4 is 0 Å². The van der Waals surface area contributed by atoms with Crippen LogP contribution in [0.5, 0.6) is 0 Å². The van der Waals surface area contributed by atoms with Gasteiger partial charge >= 0.3 is 0 Å². The third-order valence-corrected chi connectivity index (χ3v) is 5.16. The number of rotatable bonds is 0. The molecule has 4 aliphatic rings. The van der Waals surface area contributed by atoms with E-state index in [9.17, 15) is 0 Å². The van der Waals surface area contributed by atoms with E-state index in [1.54, 1.807) is 25.7 Å². The van der Waals surface area contributed by atoms with Crippen LogP contribution in [0.15, 0.2) is 0 Å². The second-order valence-corrected chi connectivity index (χ2v) is 6.20. The Labute approximate surface area is 81.7 Å². The van der Waals surface area contributed by atoms with Crippen molar-refractivity contribution in [1.82, 2.24) is 0 Å². The molecule has 4 bridgehead atoms. The molecule has 4 rings (SSSR count). The van der Waals surface area contributed by atoms with Crippen LogP contribution in [0.4, 0.5) is 0 Å². The summed E-state index contributed by atoms with van der Waals surface area (Å²) < 4.78 is 1.34. The molecular formula is C12H22N+. The molecule has 0 aromatic carbocycles. The lowest BCUT2D eigenvalue weighted by Gasteiger charge is -2.46. The number of hydrogen-bond acceptors (Lipinski definition) is 0. The van der Waals surface area contributed by atoms with Crippen LogP contribution in [0.3, 0.4) is 0 Å². The minimum absolute atomic E-state index is 1.02. The van der Waals surface area contributed by atoms with Gasteiger partial charge in [0.05, 0.1) is 26.7 Å². The van der Waals surface area contributed by atoms with Crippen molar-refractivity contribution < 1.29 is 4.48 Å². The molecule has 4 fully saturated rings. The van der Waals surface area contributed by atoms with Gasteiger partial charge in [0, 0.05) is 18.3 Å². The van der Waals surface area contributed by atoms with Gasteiger partial charge in [0.25, 0.3) is 0 Å². The fourth-order valence-corrected chi connectivity index (χ4v) is 4.59. The van der Waals surface area contributed by atoms with Gasteiger partial charge in [0.2, 0.25) is 0 Å². The fourth-order valence-electron chi connectivity index (χ4n) is 4.59. The summed E-state index contributed by atoms with van der Waals surface area (Å²) in [5.41, 5.74) is 0. The highest BCUT2D eigenvalue weighted by Gasteiger charge is 2.50. The van der Waals surface area contributed by atoms with Crippen molar-refractivity contribution in [2.75, 3.05) is 20.6 Å². The molecule has 2 saturated heterocycles. The molecule has 2 heterocycles. The van der Waals surface area contributed by atoms with Crippen molar-refractivity contribution in [1.29, 1.82) is 0 Å². The number of piperidine rings is 1. The molecule has 0 aromatic rings. The van der Waals surface area contributed by atoms with Gasteiger partial charge in [-0.3, -0.25) is 0 Å². The first-order valence-corrected chi connectivity index (χ1v) is 5.99. The van der Waals surface area contributed by atoms with Gasteiger partial charge in [0.1, 0.15) is 0 Å². The average molecular weight is 180 g/mol. The first-order chi connectivity index (χ1) is 6.17. The molecule has 13 heavy (non-hydrogen) atoms. The number of fused-ring (bicyclic) bond motifs is 2. The van der Waals surface area contributed by atoms with E-state index in [1.165, 1.54) is 17.4 Å². The third-order valence-electron chi connectivity index (χ3n) is 5.16. The lowest BCUT2D eigenvalue weighted by atomic mass is 9.82. The largest absolute Gasteiger partial charge is 0.326 e. The molecule has 4 atom stereocenters. The van der Waals surface area contributed by atoms with E-state index in [1.807, 2.05) is 0 Å². The highest BCUT2D eigenvalue weighted by atomic mass is 15.3. The Kier molecular flexibility index (Phi) is 1.59. The van der Waals surface area contributed by atoms with E-state index < -0.39 is 0 Å². The van der Waals surface area contributed by atoms with E-state index in [2.05, 4.69) is 14.1 Å². The number of hydrogen-bond donors (Lipinski definition) is 0. The molecular weight excluding hydrogens is 158 g/mol. The summed E-state index contributed by atoms with van der Waals surface area (Å²) >= 11 is 0. The highest BCUT2D eigenvalue weighted by molar-refractivity contribution is 4.92. The van der Waals surface area contributed by atoms with Gasteiger partial charge in [-0.05, 0) is 31.6 Å². The minimum atomic E-state index is 1.02. The predicted molar refractivity (Wildman–Crippen MR) is 54.3 cm³/mol. The smallest absolute Gasteiger partial charge is 0.0914 e. The van der Waals surface area contributed by atoms with Crippen molar-refractivity contribution in [3.8, 4) is 0 Å². The maximum absolute atomic E-state index is 2.47. The second-order valence-electron chi connectivity index (χ2n) is 6.20. The SMILES string of the molecule is C[N+]1(C)C[C@H]2CCC1[C@H]1CC[C@@H]2C1. The Bertz CT molecular complexity index is 221. The van der Waals surface area contributed by atoms with Crippen LogP contribution in [0.1, 0.15) is 32.1 Å². The summed E-state index contributed by atoms with van der Waals surface area (Å²) in [6, 6.07) is 1.02. The molecule has 2 saturated carbocycles. The van der Waals surface area contributed by atoms with Gasteiger partial charge in [-0.2, -0.15) is 0 Å². The predicted octanol–water partition coefficient (Wildman–Crippen LogP) is 2.27. The molecule has 0 spiro atoms. The van der Waals surface area contributed by atoms with E-state index in [0.717, 1.165) is 23.8 Å².